The lowest BCUT2D eigenvalue weighted by atomic mass is 10.1. The molecule has 0 unspecified atom stereocenters. The number of fused-ring (bicyclic) bond motifs is 1. The van der Waals surface area contributed by atoms with Gasteiger partial charge in [-0.15, -0.1) is 0 Å². The molecule has 1 aliphatic heterocycles. The summed E-state index contributed by atoms with van der Waals surface area (Å²) in [6.07, 6.45) is 0.964. The zero-order valence-corrected chi connectivity index (χ0v) is 11.1. The van der Waals surface area contributed by atoms with Gasteiger partial charge in [0, 0.05) is 24.8 Å². The van der Waals surface area contributed by atoms with E-state index in [4.69, 9.17) is 0 Å². The molecule has 4 nitrogen and oxygen atoms in total. The Balaban J connectivity index is 1.99. The van der Waals surface area contributed by atoms with Gasteiger partial charge in [-0.05, 0) is 43.7 Å². The fourth-order valence-electron chi connectivity index (χ4n) is 2.61. The summed E-state index contributed by atoms with van der Waals surface area (Å²) < 4.78 is 13.2. The number of aromatic amines is 1. The Morgan fingerprint density at radius 2 is 2.21 bits per heavy atom. The molecule has 0 amide bonds. The van der Waals surface area contributed by atoms with E-state index in [1.165, 1.54) is 11.6 Å². The Bertz CT molecular complexity index is 605. The Morgan fingerprint density at radius 1 is 1.37 bits per heavy atom. The van der Waals surface area contributed by atoms with Crippen LogP contribution in [0, 0.1) is 12.7 Å². The van der Waals surface area contributed by atoms with Gasteiger partial charge in [0.15, 0.2) is 5.82 Å². The van der Waals surface area contributed by atoms with Gasteiger partial charge in [0.2, 0.25) is 0 Å². The van der Waals surface area contributed by atoms with Crippen molar-refractivity contribution >= 4 is 11.5 Å². The molecule has 3 rings (SSSR count). The lowest BCUT2D eigenvalue weighted by molar-refractivity contribution is 0.626. The maximum atomic E-state index is 13.2. The van der Waals surface area contributed by atoms with E-state index in [0.29, 0.717) is 0 Å². The van der Waals surface area contributed by atoms with Crippen LogP contribution in [0.25, 0.3) is 0 Å². The summed E-state index contributed by atoms with van der Waals surface area (Å²) in [5, 5.41) is 10.8. The predicted octanol–water partition coefficient (Wildman–Crippen LogP) is 2.27. The second-order valence-electron chi connectivity index (χ2n) is 4.92. The smallest absolute Gasteiger partial charge is 0.158 e. The van der Waals surface area contributed by atoms with Crippen LogP contribution < -0.4 is 10.2 Å². The zero-order chi connectivity index (χ0) is 13.4. The summed E-state index contributed by atoms with van der Waals surface area (Å²) in [5.41, 5.74) is 4.29. The Kier molecular flexibility index (Phi) is 2.98. The van der Waals surface area contributed by atoms with E-state index in [2.05, 4.69) is 15.5 Å². The lowest BCUT2D eigenvalue weighted by Crippen LogP contribution is -2.24. The summed E-state index contributed by atoms with van der Waals surface area (Å²) in [5.74, 6) is 0.731. The van der Waals surface area contributed by atoms with Crippen molar-refractivity contribution in [3.05, 3.63) is 40.8 Å². The maximum Gasteiger partial charge on any atom is 0.158 e. The fourth-order valence-corrected chi connectivity index (χ4v) is 2.61. The molecular weight excluding hydrogens is 243 g/mol. The first-order chi connectivity index (χ1) is 9.16. The van der Waals surface area contributed by atoms with Crippen molar-refractivity contribution in [2.75, 3.05) is 18.5 Å². The molecule has 0 fully saturated rings. The molecule has 0 aliphatic carbocycles. The number of aryl methyl sites for hydroxylation is 1. The number of H-pyrrole nitrogens is 1. The Labute approximate surface area is 111 Å². The molecule has 0 saturated heterocycles. The summed E-state index contributed by atoms with van der Waals surface area (Å²) in [6.45, 7) is 3.71. The van der Waals surface area contributed by atoms with Crippen LogP contribution in [0.4, 0.5) is 15.9 Å². The standard InChI is InChI=1S/C14H17FN4/c1-9-7-10(15)3-4-13(9)19(2)14-11-5-6-16-8-12(11)17-18-14/h3-4,7,16H,5-6,8H2,1-2H3,(H,17,18). The van der Waals surface area contributed by atoms with Crippen molar-refractivity contribution < 1.29 is 4.39 Å². The molecule has 1 aliphatic rings. The fraction of sp³-hybridized carbons (Fsp3) is 0.357. The highest BCUT2D eigenvalue weighted by atomic mass is 19.1. The van der Waals surface area contributed by atoms with E-state index < -0.39 is 0 Å². The van der Waals surface area contributed by atoms with Crippen molar-refractivity contribution in [1.82, 2.24) is 15.5 Å². The van der Waals surface area contributed by atoms with E-state index >= 15 is 0 Å². The molecule has 2 aromatic rings. The molecule has 2 heterocycles. The molecule has 100 valence electrons. The van der Waals surface area contributed by atoms with Crippen molar-refractivity contribution in [2.24, 2.45) is 0 Å². The van der Waals surface area contributed by atoms with Gasteiger partial charge >= 0.3 is 0 Å². The van der Waals surface area contributed by atoms with Gasteiger partial charge in [0.05, 0.1) is 5.69 Å². The van der Waals surface area contributed by atoms with Crippen LogP contribution in [0.15, 0.2) is 18.2 Å². The molecule has 0 spiro atoms. The maximum absolute atomic E-state index is 13.2. The summed E-state index contributed by atoms with van der Waals surface area (Å²) in [4.78, 5) is 2.02. The SMILES string of the molecule is Cc1cc(F)ccc1N(C)c1n[nH]c2c1CCNC2. The molecule has 2 N–H and O–H groups in total. The van der Waals surface area contributed by atoms with Gasteiger partial charge in [0.25, 0.3) is 0 Å². The van der Waals surface area contributed by atoms with Crippen LogP contribution in [0.1, 0.15) is 16.8 Å². The minimum Gasteiger partial charge on any atom is -0.328 e. The second-order valence-corrected chi connectivity index (χ2v) is 4.92. The predicted molar refractivity (Wildman–Crippen MR) is 73.2 cm³/mol. The first-order valence-corrected chi connectivity index (χ1v) is 6.43. The van der Waals surface area contributed by atoms with Gasteiger partial charge in [-0.1, -0.05) is 0 Å². The third-order valence-corrected chi connectivity index (χ3v) is 3.62. The van der Waals surface area contributed by atoms with E-state index in [1.54, 1.807) is 12.1 Å². The van der Waals surface area contributed by atoms with Crippen LogP contribution >= 0.6 is 0 Å². The number of nitrogens with zero attached hydrogens (tertiary/aromatic N) is 2. The van der Waals surface area contributed by atoms with Crippen molar-refractivity contribution in [3.63, 3.8) is 0 Å². The number of hydrogen-bond donors (Lipinski definition) is 2. The first-order valence-electron chi connectivity index (χ1n) is 6.43. The van der Waals surface area contributed by atoms with Gasteiger partial charge in [-0.3, -0.25) is 5.10 Å². The average Bonchev–Trinajstić information content (AvgIpc) is 2.82. The summed E-state index contributed by atoms with van der Waals surface area (Å²) >= 11 is 0. The van der Waals surface area contributed by atoms with E-state index in [1.807, 2.05) is 18.9 Å². The van der Waals surface area contributed by atoms with Crippen LogP contribution in [-0.2, 0) is 13.0 Å². The highest BCUT2D eigenvalue weighted by molar-refractivity contribution is 5.66. The minimum absolute atomic E-state index is 0.206. The second kappa shape index (κ2) is 4.66. The molecule has 5 heteroatoms. The molecule has 1 aromatic carbocycles. The number of anilines is 2. The normalized spacial score (nSPS) is 14.3. The number of halogens is 1. The van der Waals surface area contributed by atoms with Crippen molar-refractivity contribution in [2.45, 2.75) is 19.9 Å². The molecule has 0 bridgehead atoms. The number of nitrogens with one attached hydrogen (secondary N) is 2. The van der Waals surface area contributed by atoms with E-state index in [0.717, 1.165) is 42.3 Å². The topological polar surface area (TPSA) is 44.0 Å². The summed E-state index contributed by atoms with van der Waals surface area (Å²) in [6, 6.07) is 4.83. The van der Waals surface area contributed by atoms with E-state index in [-0.39, 0.29) is 5.82 Å². The molecule has 0 saturated carbocycles. The van der Waals surface area contributed by atoms with Gasteiger partial charge in [-0.25, -0.2) is 4.39 Å². The van der Waals surface area contributed by atoms with Crippen LogP contribution in [0.2, 0.25) is 0 Å². The highest BCUT2D eigenvalue weighted by Gasteiger charge is 2.20. The molecule has 0 radical (unpaired) electrons. The average molecular weight is 260 g/mol. The largest absolute Gasteiger partial charge is 0.328 e. The summed E-state index contributed by atoms with van der Waals surface area (Å²) in [7, 11) is 1.97. The molecular formula is C14H17FN4. The third kappa shape index (κ3) is 2.10. The first kappa shape index (κ1) is 12.2. The molecule has 19 heavy (non-hydrogen) atoms. The van der Waals surface area contributed by atoms with Gasteiger partial charge in [-0.2, -0.15) is 5.10 Å². The third-order valence-electron chi connectivity index (χ3n) is 3.62. The highest BCUT2D eigenvalue weighted by Crippen LogP contribution is 2.30. The van der Waals surface area contributed by atoms with Crippen LogP contribution in [0.5, 0.6) is 0 Å². The molecule has 1 aromatic heterocycles. The van der Waals surface area contributed by atoms with Gasteiger partial charge in [0.1, 0.15) is 5.82 Å². The number of rotatable bonds is 2. The van der Waals surface area contributed by atoms with Crippen molar-refractivity contribution in [3.8, 4) is 0 Å². The number of hydrogen-bond acceptors (Lipinski definition) is 3. The monoisotopic (exact) mass is 260 g/mol. The van der Waals surface area contributed by atoms with Gasteiger partial charge < -0.3 is 10.2 Å². The Morgan fingerprint density at radius 3 is 3.00 bits per heavy atom. The Hall–Kier alpha value is -1.88. The zero-order valence-electron chi connectivity index (χ0n) is 11.1. The van der Waals surface area contributed by atoms with Crippen LogP contribution in [0.3, 0.4) is 0 Å². The van der Waals surface area contributed by atoms with Crippen LogP contribution in [-0.4, -0.2) is 23.8 Å². The van der Waals surface area contributed by atoms with Crippen molar-refractivity contribution in [1.29, 1.82) is 0 Å². The molecule has 0 atom stereocenters. The minimum atomic E-state index is -0.206. The number of benzene rings is 1. The quantitative estimate of drug-likeness (QED) is 0.870. The number of aromatic nitrogens is 2. The van der Waals surface area contributed by atoms with E-state index in [9.17, 15) is 4.39 Å². The lowest BCUT2D eigenvalue weighted by Gasteiger charge is -2.22.